The molecule has 7 heteroatoms. The summed E-state index contributed by atoms with van der Waals surface area (Å²) in [7, 11) is 0.392. The van der Waals surface area contributed by atoms with Crippen LogP contribution < -0.4 is 10.0 Å². The number of likely N-dealkylation sites (N-methyl/N-ethyl adjacent to an activating group) is 1. The van der Waals surface area contributed by atoms with Gasteiger partial charge in [-0.05, 0) is 52.2 Å². The van der Waals surface area contributed by atoms with Gasteiger partial charge in [0.2, 0.25) is 0 Å². The van der Waals surface area contributed by atoms with Gasteiger partial charge in [-0.1, -0.05) is 6.42 Å². The molecule has 124 valence electrons. The van der Waals surface area contributed by atoms with E-state index in [0.29, 0.717) is 25.2 Å². The molecule has 0 radical (unpaired) electrons. The van der Waals surface area contributed by atoms with E-state index >= 15 is 0 Å². The Balaban J connectivity index is 1.66. The van der Waals surface area contributed by atoms with Crippen LogP contribution in [0.25, 0.3) is 0 Å². The first kappa shape index (κ1) is 17.1. The predicted molar refractivity (Wildman–Crippen MR) is 85.5 cm³/mol. The molecule has 1 unspecified atom stereocenters. The minimum atomic E-state index is -3.34. The molecule has 0 aromatic carbocycles. The van der Waals surface area contributed by atoms with Crippen molar-refractivity contribution in [3.8, 4) is 0 Å². The van der Waals surface area contributed by atoms with Gasteiger partial charge in [-0.15, -0.1) is 0 Å². The summed E-state index contributed by atoms with van der Waals surface area (Å²) >= 11 is 0. The molecule has 6 nitrogen and oxygen atoms in total. The zero-order chi connectivity index (χ0) is 15.3. The first-order valence-corrected chi connectivity index (χ1v) is 9.57. The van der Waals surface area contributed by atoms with Crippen LogP contribution in [0, 0.1) is 0 Å². The molecule has 0 spiro atoms. The van der Waals surface area contributed by atoms with E-state index in [0.717, 1.165) is 25.9 Å². The summed E-state index contributed by atoms with van der Waals surface area (Å²) in [6.45, 7) is 3.05. The van der Waals surface area contributed by atoms with Crippen LogP contribution in [0.15, 0.2) is 0 Å². The lowest BCUT2D eigenvalue weighted by Crippen LogP contribution is -2.47. The second kappa shape index (κ2) is 7.87. The second-order valence-corrected chi connectivity index (χ2v) is 8.25. The molecular formula is C14H30N4O2S. The lowest BCUT2D eigenvalue weighted by molar-refractivity contribution is 0.187. The van der Waals surface area contributed by atoms with Crippen LogP contribution in [0.5, 0.6) is 0 Å². The van der Waals surface area contributed by atoms with Crippen molar-refractivity contribution in [3.05, 3.63) is 0 Å². The van der Waals surface area contributed by atoms with Crippen LogP contribution >= 0.6 is 0 Å². The van der Waals surface area contributed by atoms with Crippen molar-refractivity contribution < 1.29 is 8.42 Å². The van der Waals surface area contributed by atoms with E-state index in [1.54, 1.807) is 7.05 Å². The minimum Gasteiger partial charge on any atom is -0.314 e. The summed E-state index contributed by atoms with van der Waals surface area (Å²) < 4.78 is 28.6. The van der Waals surface area contributed by atoms with Crippen molar-refractivity contribution in [2.24, 2.45) is 0 Å². The Morgan fingerprint density at radius 3 is 2.67 bits per heavy atom. The molecule has 2 N–H and O–H groups in total. The maximum atomic E-state index is 12.2. The van der Waals surface area contributed by atoms with Gasteiger partial charge in [-0.3, -0.25) is 0 Å². The van der Waals surface area contributed by atoms with E-state index < -0.39 is 10.2 Å². The highest BCUT2D eigenvalue weighted by Gasteiger charge is 2.23. The normalized spacial score (nSPS) is 24.6. The zero-order valence-electron chi connectivity index (χ0n) is 13.3. The maximum absolute atomic E-state index is 12.2. The average Bonchev–Trinajstić information content (AvgIpc) is 3.26. The number of piperidine rings is 1. The van der Waals surface area contributed by atoms with Crippen LogP contribution in [0.2, 0.25) is 0 Å². The Kier molecular flexibility index (Phi) is 6.43. The number of rotatable bonds is 9. The topological polar surface area (TPSA) is 64.7 Å². The first-order chi connectivity index (χ1) is 9.99. The summed E-state index contributed by atoms with van der Waals surface area (Å²) in [6.07, 6.45) is 6.88. The Morgan fingerprint density at radius 2 is 2.00 bits per heavy atom. The quantitative estimate of drug-likeness (QED) is 0.603. The monoisotopic (exact) mass is 318 g/mol. The molecule has 1 aliphatic carbocycles. The maximum Gasteiger partial charge on any atom is 0.279 e. The van der Waals surface area contributed by atoms with Crippen LogP contribution in [-0.2, 0) is 10.2 Å². The van der Waals surface area contributed by atoms with Crippen LogP contribution in [0.3, 0.4) is 0 Å². The van der Waals surface area contributed by atoms with E-state index in [-0.39, 0.29) is 0 Å². The fourth-order valence-electron chi connectivity index (χ4n) is 2.73. The van der Waals surface area contributed by atoms with Crippen molar-refractivity contribution in [1.29, 1.82) is 0 Å². The van der Waals surface area contributed by atoms with Crippen molar-refractivity contribution >= 4 is 10.2 Å². The van der Waals surface area contributed by atoms with Crippen LogP contribution in [-0.4, -0.2) is 70.0 Å². The third-order valence-corrected chi connectivity index (χ3v) is 6.03. The molecule has 1 atom stereocenters. The molecule has 1 aliphatic heterocycles. The Bertz CT molecular complexity index is 411. The van der Waals surface area contributed by atoms with E-state index in [1.807, 2.05) is 0 Å². The van der Waals surface area contributed by atoms with Gasteiger partial charge >= 0.3 is 0 Å². The SMILES string of the molecule is CN1CCCCC1CNS(=O)(=O)N(C)CCCNC1CC1. The molecule has 2 rings (SSSR count). The van der Waals surface area contributed by atoms with Gasteiger partial charge in [0.1, 0.15) is 0 Å². The molecule has 0 aromatic heterocycles. The molecule has 1 saturated heterocycles. The highest BCUT2D eigenvalue weighted by molar-refractivity contribution is 7.87. The number of hydrogen-bond acceptors (Lipinski definition) is 4. The minimum absolute atomic E-state index is 0.332. The predicted octanol–water partition coefficient (Wildman–Crippen LogP) is 0.379. The van der Waals surface area contributed by atoms with Gasteiger partial charge < -0.3 is 10.2 Å². The van der Waals surface area contributed by atoms with E-state index in [1.165, 1.54) is 30.0 Å². The number of nitrogens with zero attached hydrogens (tertiary/aromatic N) is 2. The van der Waals surface area contributed by atoms with E-state index in [4.69, 9.17) is 0 Å². The van der Waals surface area contributed by atoms with Gasteiger partial charge in [0, 0.05) is 32.2 Å². The van der Waals surface area contributed by atoms with E-state index in [2.05, 4.69) is 22.0 Å². The van der Waals surface area contributed by atoms with Crippen LogP contribution in [0.1, 0.15) is 38.5 Å². The van der Waals surface area contributed by atoms with Crippen molar-refractivity contribution in [3.63, 3.8) is 0 Å². The number of nitrogens with one attached hydrogen (secondary N) is 2. The Hall–Kier alpha value is -0.210. The molecule has 0 bridgehead atoms. The van der Waals surface area contributed by atoms with E-state index in [9.17, 15) is 8.42 Å². The van der Waals surface area contributed by atoms with Crippen molar-refractivity contribution in [2.75, 3.05) is 40.3 Å². The largest absolute Gasteiger partial charge is 0.314 e. The zero-order valence-corrected chi connectivity index (χ0v) is 14.2. The summed E-state index contributed by atoms with van der Waals surface area (Å²) in [6, 6.07) is 1.02. The smallest absolute Gasteiger partial charge is 0.279 e. The molecule has 21 heavy (non-hydrogen) atoms. The van der Waals surface area contributed by atoms with Gasteiger partial charge in [0.15, 0.2) is 0 Å². The highest BCUT2D eigenvalue weighted by Crippen LogP contribution is 2.18. The molecule has 0 amide bonds. The molecular weight excluding hydrogens is 288 g/mol. The summed E-state index contributed by atoms with van der Waals surface area (Å²) in [4.78, 5) is 2.26. The average molecular weight is 318 g/mol. The summed E-state index contributed by atoms with van der Waals surface area (Å²) in [5, 5.41) is 3.40. The van der Waals surface area contributed by atoms with Gasteiger partial charge in [0.05, 0.1) is 0 Å². The van der Waals surface area contributed by atoms with Crippen LogP contribution in [0.4, 0.5) is 0 Å². The molecule has 2 aliphatic rings. The molecule has 1 heterocycles. The van der Waals surface area contributed by atoms with Crippen molar-refractivity contribution in [1.82, 2.24) is 19.2 Å². The lowest BCUT2D eigenvalue weighted by Gasteiger charge is -2.32. The molecule has 1 saturated carbocycles. The Morgan fingerprint density at radius 1 is 1.24 bits per heavy atom. The lowest BCUT2D eigenvalue weighted by atomic mass is 10.0. The standard InChI is InChI=1S/C14H30N4O2S/c1-17-10-4-3-6-14(17)12-16-21(19,20)18(2)11-5-9-15-13-7-8-13/h13-16H,3-12H2,1-2H3. The summed E-state index contributed by atoms with van der Waals surface area (Å²) in [5.74, 6) is 0. The number of likely N-dealkylation sites (tertiary alicyclic amines) is 1. The second-order valence-electron chi connectivity index (χ2n) is 6.39. The fourth-order valence-corrected chi connectivity index (χ4v) is 3.72. The Labute approximate surface area is 129 Å². The third-order valence-electron chi connectivity index (χ3n) is 4.49. The highest BCUT2D eigenvalue weighted by atomic mass is 32.2. The van der Waals surface area contributed by atoms with Gasteiger partial charge in [-0.25, -0.2) is 4.72 Å². The van der Waals surface area contributed by atoms with Gasteiger partial charge in [0.25, 0.3) is 10.2 Å². The first-order valence-electron chi connectivity index (χ1n) is 8.13. The molecule has 0 aromatic rings. The third kappa shape index (κ3) is 5.83. The summed E-state index contributed by atoms with van der Waals surface area (Å²) in [5.41, 5.74) is 0. The van der Waals surface area contributed by atoms with Crippen molar-refractivity contribution in [2.45, 2.75) is 50.6 Å². The molecule has 2 fully saturated rings. The fraction of sp³-hybridized carbons (Fsp3) is 1.00. The number of hydrogen-bond donors (Lipinski definition) is 2. The van der Waals surface area contributed by atoms with Gasteiger partial charge in [-0.2, -0.15) is 12.7 Å².